The first-order valence-corrected chi connectivity index (χ1v) is 8.89. The second-order valence-corrected chi connectivity index (χ2v) is 7.29. The van der Waals surface area contributed by atoms with E-state index in [9.17, 15) is 18.3 Å². The van der Waals surface area contributed by atoms with Crippen LogP contribution in [0.3, 0.4) is 0 Å². The second kappa shape index (κ2) is 6.01. The summed E-state index contributed by atoms with van der Waals surface area (Å²) < 4.78 is 33.4. The normalized spacial score (nSPS) is 13.8. The maximum absolute atomic E-state index is 11.6. The molecule has 7 heteroatoms. The molecule has 2 aromatic carbocycles. The lowest BCUT2D eigenvalue weighted by Gasteiger charge is -2.05. The van der Waals surface area contributed by atoms with Crippen molar-refractivity contribution in [2.75, 3.05) is 13.0 Å². The van der Waals surface area contributed by atoms with E-state index in [-0.39, 0.29) is 17.3 Å². The van der Waals surface area contributed by atoms with Crippen LogP contribution in [0.4, 0.5) is 0 Å². The fourth-order valence-corrected chi connectivity index (χ4v) is 2.94. The van der Waals surface area contributed by atoms with E-state index in [0.29, 0.717) is 22.6 Å². The molecular weight excluding hydrogens is 332 g/mol. The molecule has 0 unspecified atom stereocenters. The van der Waals surface area contributed by atoms with Gasteiger partial charge in [-0.3, -0.25) is 0 Å². The molecular formula is C17H14O6S. The van der Waals surface area contributed by atoms with Crippen molar-refractivity contribution in [3.8, 4) is 11.5 Å². The molecule has 24 heavy (non-hydrogen) atoms. The molecule has 6 nitrogen and oxygen atoms in total. The topological polar surface area (TPSA) is 89.9 Å². The van der Waals surface area contributed by atoms with Crippen LogP contribution in [0.15, 0.2) is 47.4 Å². The molecule has 0 bridgehead atoms. The molecule has 2 aromatic rings. The highest BCUT2D eigenvalue weighted by Crippen LogP contribution is 2.35. The predicted octanol–water partition coefficient (Wildman–Crippen LogP) is 2.44. The van der Waals surface area contributed by atoms with Crippen molar-refractivity contribution in [3.05, 3.63) is 53.6 Å². The molecule has 1 N–H and O–H groups in total. The van der Waals surface area contributed by atoms with Gasteiger partial charge in [0.25, 0.3) is 0 Å². The molecule has 0 amide bonds. The van der Waals surface area contributed by atoms with E-state index >= 15 is 0 Å². The molecule has 0 saturated heterocycles. The van der Waals surface area contributed by atoms with Crippen molar-refractivity contribution >= 4 is 27.5 Å². The number of fused-ring (bicyclic) bond motifs is 1. The number of aliphatic carboxylic acids is 1. The van der Waals surface area contributed by atoms with Gasteiger partial charge in [0.15, 0.2) is 21.3 Å². The molecule has 0 aliphatic carbocycles. The van der Waals surface area contributed by atoms with Crippen molar-refractivity contribution in [3.63, 3.8) is 0 Å². The number of ether oxygens (including phenoxy) is 2. The zero-order chi connectivity index (χ0) is 17.3. The molecule has 0 atom stereocenters. The second-order valence-electron chi connectivity index (χ2n) is 5.27. The zero-order valence-corrected chi connectivity index (χ0v) is 13.5. The minimum atomic E-state index is -3.29. The Morgan fingerprint density at radius 3 is 2.38 bits per heavy atom. The highest BCUT2D eigenvalue weighted by Gasteiger charge is 2.17. The van der Waals surface area contributed by atoms with Crippen molar-refractivity contribution in [1.29, 1.82) is 0 Å². The van der Waals surface area contributed by atoms with Crippen molar-refractivity contribution in [2.24, 2.45) is 0 Å². The summed E-state index contributed by atoms with van der Waals surface area (Å²) in [5.41, 5.74) is 1.12. The van der Waals surface area contributed by atoms with E-state index in [4.69, 9.17) is 9.47 Å². The molecule has 0 aromatic heterocycles. The van der Waals surface area contributed by atoms with Gasteiger partial charge in [-0.25, -0.2) is 13.2 Å². The quantitative estimate of drug-likeness (QED) is 0.675. The highest BCUT2D eigenvalue weighted by molar-refractivity contribution is 7.90. The average molecular weight is 346 g/mol. The van der Waals surface area contributed by atoms with E-state index < -0.39 is 15.8 Å². The molecule has 1 aliphatic rings. The predicted molar refractivity (Wildman–Crippen MR) is 87.6 cm³/mol. The van der Waals surface area contributed by atoms with E-state index in [0.717, 1.165) is 6.26 Å². The lowest BCUT2D eigenvalue weighted by Crippen LogP contribution is -2.00. The van der Waals surface area contributed by atoms with Crippen LogP contribution in [0, 0.1) is 0 Å². The Hall–Kier alpha value is -2.80. The summed E-state index contributed by atoms with van der Waals surface area (Å²) in [7, 11) is -3.29. The molecule has 124 valence electrons. The molecule has 0 saturated carbocycles. The maximum atomic E-state index is 11.6. The van der Waals surface area contributed by atoms with E-state index in [1.807, 2.05) is 0 Å². The van der Waals surface area contributed by atoms with Crippen molar-refractivity contribution in [2.45, 2.75) is 4.90 Å². The number of carboxylic acid groups (broad SMARTS) is 1. The maximum Gasteiger partial charge on any atom is 0.336 e. The Balaban J connectivity index is 1.99. The van der Waals surface area contributed by atoms with Crippen molar-refractivity contribution in [1.82, 2.24) is 0 Å². The van der Waals surface area contributed by atoms with Gasteiger partial charge in [-0.15, -0.1) is 0 Å². The number of sulfone groups is 1. The standard InChI is InChI=1S/C17H14O6S/c1-24(20,21)13-5-2-11(3-6-13)8-14(17(18)19)12-4-7-15-16(9-12)23-10-22-15/h2-9H,10H2,1H3,(H,18,19)/b14-8+. The summed E-state index contributed by atoms with van der Waals surface area (Å²) in [6, 6.07) is 10.9. The van der Waals surface area contributed by atoms with Crippen LogP contribution in [-0.2, 0) is 14.6 Å². The van der Waals surface area contributed by atoms with Crippen LogP contribution in [0.1, 0.15) is 11.1 Å². The SMILES string of the molecule is CS(=O)(=O)c1ccc(/C=C(/C(=O)O)c2ccc3c(c2)OCO3)cc1. The fourth-order valence-electron chi connectivity index (χ4n) is 2.31. The first-order chi connectivity index (χ1) is 11.3. The summed E-state index contributed by atoms with van der Waals surface area (Å²) in [5, 5.41) is 9.48. The first kappa shape index (κ1) is 16.1. The van der Waals surface area contributed by atoms with Gasteiger partial charge in [0.05, 0.1) is 10.5 Å². The third kappa shape index (κ3) is 3.26. The lowest BCUT2D eigenvalue weighted by molar-refractivity contribution is -0.130. The Morgan fingerprint density at radius 1 is 1.08 bits per heavy atom. The number of hydrogen-bond acceptors (Lipinski definition) is 5. The third-order valence-corrected chi connectivity index (χ3v) is 4.66. The Bertz CT molecular complexity index is 926. The van der Waals surface area contributed by atoms with E-state index in [1.54, 1.807) is 30.3 Å². The van der Waals surface area contributed by atoms with Crippen LogP contribution in [0.25, 0.3) is 11.6 Å². The van der Waals surface area contributed by atoms with Crippen LogP contribution in [0.5, 0.6) is 11.5 Å². The van der Waals surface area contributed by atoms with E-state index in [2.05, 4.69) is 0 Å². The van der Waals surface area contributed by atoms with Crippen LogP contribution < -0.4 is 9.47 Å². The Labute approximate surface area is 138 Å². The minimum absolute atomic E-state index is 0.0698. The summed E-state index contributed by atoms with van der Waals surface area (Å²) in [5.74, 6) is -0.0332. The van der Waals surface area contributed by atoms with Crippen LogP contribution in [-0.4, -0.2) is 32.5 Å². The summed E-state index contributed by atoms with van der Waals surface area (Å²) in [4.78, 5) is 11.8. The Kier molecular flexibility index (Phi) is 4.02. The van der Waals surface area contributed by atoms with Gasteiger partial charge in [-0.05, 0) is 41.5 Å². The Morgan fingerprint density at radius 2 is 1.75 bits per heavy atom. The molecule has 1 heterocycles. The third-order valence-electron chi connectivity index (χ3n) is 3.53. The number of carboxylic acids is 1. The van der Waals surface area contributed by atoms with Crippen LogP contribution >= 0.6 is 0 Å². The fraction of sp³-hybridized carbons (Fsp3) is 0.118. The highest BCUT2D eigenvalue weighted by atomic mass is 32.2. The smallest absolute Gasteiger partial charge is 0.336 e. The molecule has 3 rings (SSSR count). The molecule has 1 aliphatic heterocycles. The summed E-state index contributed by atoms with van der Waals surface area (Å²) in [6.07, 6.45) is 2.60. The largest absolute Gasteiger partial charge is 0.478 e. The van der Waals surface area contributed by atoms with E-state index in [1.165, 1.54) is 18.2 Å². The average Bonchev–Trinajstić information content (AvgIpc) is 2.99. The van der Waals surface area contributed by atoms with Crippen molar-refractivity contribution < 1.29 is 27.8 Å². The number of benzene rings is 2. The van der Waals surface area contributed by atoms with Gasteiger partial charge in [-0.1, -0.05) is 18.2 Å². The molecule has 0 spiro atoms. The lowest BCUT2D eigenvalue weighted by atomic mass is 10.0. The van der Waals surface area contributed by atoms with Gasteiger partial charge >= 0.3 is 5.97 Å². The summed E-state index contributed by atoms with van der Waals surface area (Å²) >= 11 is 0. The monoisotopic (exact) mass is 346 g/mol. The number of hydrogen-bond donors (Lipinski definition) is 1. The van der Waals surface area contributed by atoms with Gasteiger partial charge in [0.1, 0.15) is 0 Å². The van der Waals surface area contributed by atoms with Gasteiger partial charge in [-0.2, -0.15) is 0 Å². The van der Waals surface area contributed by atoms with Gasteiger partial charge in [0.2, 0.25) is 6.79 Å². The van der Waals surface area contributed by atoms with Crippen LogP contribution in [0.2, 0.25) is 0 Å². The zero-order valence-electron chi connectivity index (χ0n) is 12.7. The first-order valence-electron chi connectivity index (χ1n) is 7.00. The summed E-state index contributed by atoms with van der Waals surface area (Å²) in [6.45, 7) is 0.109. The molecule has 0 fully saturated rings. The van der Waals surface area contributed by atoms with Gasteiger partial charge < -0.3 is 14.6 Å². The van der Waals surface area contributed by atoms with Gasteiger partial charge in [0, 0.05) is 6.26 Å². The molecule has 0 radical (unpaired) electrons. The number of rotatable bonds is 4. The minimum Gasteiger partial charge on any atom is -0.478 e. The number of carbonyl (C=O) groups is 1.